The van der Waals surface area contributed by atoms with E-state index in [4.69, 9.17) is 8.92 Å². The van der Waals surface area contributed by atoms with Gasteiger partial charge < -0.3 is 8.92 Å². The molecule has 0 atom stereocenters. The smallest absolute Gasteiger partial charge is 0.382 e. The Morgan fingerprint density at radius 1 is 1.44 bits per heavy atom. The predicted octanol–water partition coefficient (Wildman–Crippen LogP) is 1.63. The van der Waals surface area contributed by atoms with E-state index in [0.29, 0.717) is 5.75 Å². The van der Waals surface area contributed by atoms with Crippen LogP contribution in [0.2, 0.25) is 0 Å². The first-order valence-corrected chi connectivity index (χ1v) is 7.24. The van der Waals surface area contributed by atoms with E-state index >= 15 is 0 Å². The molecule has 18 heavy (non-hydrogen) atoms. The highest BCUT2D eigenvalue weighted by Gasteiger charge is 2.33. The summed E-state index contributed by atoms with van der Waals surface area (Å²) in [7, 11) is -3.77. The Morgan fingerprint density at radius 2 is 2.17 bits per heavy atom. The highest BCUT2D eigenvalue weighted by atomic mass is 32.2. The minimum atomic E-state index is -3.77. The molecule has 0 bridgehead atoms. The van der Waals surface area contributed by atoms with Crippen LogP contribution in [-0.4, -0.2) is 20.6 Å². The maximum Gasteiger partial charge on any atom is 0.382 e. The third-order valence-corrected chi connectivity index (χ3v) is 3.62. The number of rotatable bonds is 4. The predicted molar refractivity (Wildman–Crippen MR) is 68.1 cm³/mol. The van der Waals surface area contributed by atoms with Gasteiger partial charge in [0.2, 0.25) is 0 Å². The van der Waals surface area contributed by atoms with E-state index in [0.717, 1.165) is 12.0 Å². The van der Waals surface area contributed by atoms with Crippen molar-refractivity contribution < 1.29 is 17.3 Å². The molecule has 0 amide bonds. The van der Waals surface area contributed by atoms with Gasteiger partial charge in [0.1, 0.15) is 5.60 Å². The third-order valence-electron chi connectivity index (χ3n) is 2.58. The summed E-state index contributed by atoms with van der Waals surface area (Å²) in [6.07, 6.45) is 0.737. The molecule has 0 fully saturated rings. The lowest BCUT2D eigenvalue weighted by Gasteiger charge is -2.18. The molecule has 1 aromatic carbocycles. The van der Waals surface area contributed by atoms with Crippen LogP contribution in [0.15, 0.2) is 18.2 Å². The molecule has 1 N–H and O–H groups in total. The van der Waals surface area contributed by atoms with Crippen molar-refractivity contribution in [3.8, 4) is 11.5 Å². The Hall–Kier alpha value is -1.27. The summed E-state index contributed by atoms with van der Waals surface area (Å²) in [5.74, 6) is 0.753. The summed E-state index contributed by atoms with van der Waals surface area (Å²) in [5.41, 5.74) is 0.633. The molecule has 0 unspecified atom stereocenters. The first-order chi connectivity index (χ1) is 8.33. The number of ether oxygens (including phenoxy) is 1. The highest BCUT2D eigenvalue weighted by Crippen LogP contribution is 2.42. The minimum absolute atomic E-state index is 0.235. The molecular weight excluding hydrogens is 254 g/mol. The van der Waals surface area contributed by atoms with Gasteiger partial charge in [-0.3, -0.25) is 0 Å². The molecule has 0 aromatic heterocycles. The van der Waals surface area contributed by atoms with Gasteiger partial charge in [0.05, 0.1) is 0 Å². The van der Waals surface area contributed by atoms with Crippen molar-refractivity contribution in [1.82, 2.24) is 4.72 Å². The quantitative estimate of drug-likeness (QED) is 0.904. The van der Waals surface area contributed by atoms with Crippen LogP contribution in [0.1, 0.15) is 26.3 Å². The molecule has 100 valence electrons. The fourth-order valence-corrected chi connectivity index (χ4v) is 2.76. The first-order valence-electron chi connectivity index (χ1n) is 5.83. The summed E-state index contributed by atoms with van der Waals surface area (Å²) in [5, 5.41) is 0. The van der Waals surface area contributed by atoms with Crippen LogP contribution in [0.3, 0.4) is 0 Å². The van der Waals surface area contributed by atoms with Crippen molar-refractivity contribution in [2.75, 3.05) is 6.54 Å². The molecule has 1 aromatic rings. The topological polar surface area (TPSA) is 64.6 Å². The number of nitrogens with one attached hydrogen (secondary N) is 1. The van der Waals surface area contributed by atoms with Crippen molar-refractivity contribution in [2.24, 2.45) is 0 Å². The zero-order chi connectivity index (χ0) is 13.4. The van der Waals surface area contributed by atoms with Crippen molar-refractivity contribution in [3.63, 3.8) is 0 Å². The van der Waals surface area contributed by atoms with E-state index in [1.165, 1.54) is 0 Å². The number of para-hydroxylation sites is 1. The molecule has 0 radical (unpaired) electrons. The summed E-state index contributed by atoms with van der Waals surface area (Å²) >= 11 is 0. The Bertz CT molecular complexity index is 551. The van der Waals surface area contributed by atoms with Crippen LogP contribution in [0.5, 0.6) is 11.5 Å². The lowest BCUT2D eigenvalue weighted by Crippen LogP contribution is -2.28. The second-order valence-electron chi connectivity index (χ2n) is 4.82. The van der Waals surface area contributed by atoms with E-state index in [-0.39, 0.29) is 17.9 Å². The number of hydrogen-bond donors (Lipinski definition) is 1. The molecule has 1 heterocycles. The monoisotopic (exact) mass is 271 g/mol. The van der Waals surface area contributed by atoms with Crippen LogP contribution >= 0.6 is 0 Å². The van der Waals surface area contributed by atoms with Crippen LogP contribution in [0.25, 0.3) is 0 Å². The molecule has 2 rings (SSSR count). The van der Waals surface area contributed by atoms with Crippen molar-refractivity contribution in [3.05, 3.63) is 23.8 Å². The van der Waals surface area contributed by atoms with Gasteiger partial charge in [-0.25, -0.2) is 0 Å². The highest BCUT2D eigenvalue weighted by molar-refractivity contribution is 7.85. The molecule has 0 saturated carbocycles. The zero-order valence-electron chi connectivity index (χ0n) is 10.7. The normalized spacial score (nSPS) is 17.1. The Balaban J connectivity index is 2.30. The van der Waals surface area contributed by atoms with Gasteiger partial charge in [-0.05, 0) is 19.9 Å². The van der Waals surface area contributed by atoms with E-state index in [1.807, 2.05) is 19.9 Å². The number of hydrogen-bond acceptors (Lipinski definition) is 4. The number of benzene rings is 1. The molecule has 0 spiro atoms. The van der Waals surface area contributed by atoms with Crippen LogP contribution in [0, 0.1) is 0 Å². The van der Waals surface area contributed by atoms with Crippen molar-refractivity contribution in [1.29, 1.82) is 0 Å². The fourth-order valence-electron chi connectivity index (χ4n) is 1.98. The molecule has 0 saturated heterocycles. The van der Waals surface area contributed by atoms with Crippen LogP contribution in [0.4, 0.5) is 0 Å². The van der Waals surface area contributed by atoms with E-state index < -0.39 is 10.3 Å². The second-order valence-corrected chi connectivity index (χ2v) is 6.18. The molecule has 5 nitrogen and oxygen atoms in total. The molecule has 1 aliphatic heterocycles. The average Bonchev–Trinajstić information content (AvgIpc) is 2.52. The minimum Gasteiger partial charge on any atom is -0.483 e. The van der Waals surface area contributed by atoms with Crippen LogP contribution < -0.4 is 13.6 Å². The summed E-state index contributed by atoms with van der Waals surface area (Å²) in [6.45, 7) is 5.88. The average molecular weight is 271 g/mol. The van der Waals surface area contributed by atoms with Gasteiger partial charge >= 0.3 is 10.3 Å². The molecular formula is C12H17NO4S. The fraction of sp³-hybridized carbons (Fsp3) is 0.500. The lowest BCUT2D eigenvalue weighted by atomic mass is 10.0. The van der Waals surface area contributed by atoms with E-state index in [9.17, 15) is 8.42 Å². The lowest BCUT2D eigenvalue weighted by molar-refractivity contribution is 0.136. The number of fused-ring (bicyclic) bond motifs is 1. The van der Waals surface area contributed by atoms with E-state index in [1.54, 1.807) is 19.1 Å². The van der Waals surface area contributed by atoms with Gasteiger partial charge in [0, 0.05) is 18.5 Å². The first kappa shape index (κ1) is 13.2. The maximum absolute atomic E-state index is 11.6. The summed E-state index contributed by atoms with van der Waals surface area (Å²) in [4.78, 5) is 0. The summed E-state index contributed by atoms with van der Waals surface area (Å²) in [6, 6.07) is 5.27. The Kier molecular flexibility index (Phi) is 3.25. The second kappa shape index (κ2) is 4.44. The Labute approximate surface area is 107 Å². The molecule has 6 heteroatoms. The van der Waals surface area contributed by atoms with Gasteiger partial charge in [0.25, 0.3) is 0 Å². The van der Waals surface area contributed by atoms with Gasteiger partial charge in [0.15, 0.2) is 11.5 Å². The zero-order valence-corrected chi connectivity index (χ0v) is 11.5. The molecule has 0 aliphatic carbocycles. The maximum atomic E-state index is 11.6. The SMILES string of the molecule is CCNS(=O)(=O)Oc1cccc2c1OC(C)(C)C2. The largest absolute Gasteiger partial charge is 0.483 e. The third kappa shape index (κ3) is 2.76. The van der Waals surface area contributed by atoms with E-state index in [2.05, 4.69) is 4.72 Å². The van der Waals surface area contributed by atoms with Crippen molar-refractivity contribution >= 4 is 10.3 Å². The summed E-state index contributed by atoms with van der Waals surface area (Å²) < 4.78 is 36.2. The Morgan fingerprint density at radius 3 is 2.83 bits per heavy atom. The van der Waals surface area contributed by atoms with Gasteiger partial charge in [-0.1, -0.05) is 19.1 Å². The standard InChI is InChI=1S/C12H17NO4S/c1-4-13-18(14,15)17-10-7-5-6-9-8-12(2,3)16-11(9)10/h5-7,13H,4,8H2,1-3H3. The van der Waals surface area contributed by atoms with Crippen molar-refractivity contribution in [2.45, 2.75) is 32.8 Å². The van der Waals surface area contributed by atoms with Gasteiger partial charge in [-0.15, -0.1) is 0 Å². The van der Waals surface area contributed by atoms with Gasteiger partial charge in [-0.2, -0.15) is 13.1 Å². The van der Waals surface area contributed by atoms with Crippen LogP contribution in [-0.2, 0) is 16.7 Å². The molecule has 1 aliphatic rings.